The number of benzene rings is 4. The second-order valence-electron chi connectivity index (χ2n) is 23.8. The summed E-state index contributed by atoms with van der Waals surface area (Å²) in [5.41, 5.74) is 1.73. The van der Waals surface area contributed by atoms with E-state index >= 15 is 9.59 Å². The predicted octanol–water partition coefficient (Wildman–Crippen LogP) is 10.1. The van der Waals surface area contributed by atoms with Crippen LogP contribution in [0.15, 0.2) is 97.1 Å². The van der Waals surface area contributed by atoms with Crippen molar-refractivity contribution in [1.82, 2.24) is 29.4 Å². The fraction of sp³-hybridized carbons (Fsp3) is 0.545. The van der Waals surface area contributed by atoms with Crippen LogP contribution in [0, 0.1) is 23.5 Å². The molecule has 20 heteroatoms. The minimum atomic E-state index is -1.69. The summed E-state index contributed by atoms with van der Waals surface area (Å²) in [5.74, 6) is -3.75. The number of nitrogens with zero attached hydrogens (tertiary/aromatic N) is 6. The first-order chi connectivity index (χ1) is 41.5. The molecule has 4 heterocycles. The van der Waals surface area contributed by atoms with Gasteiger partial charge in [-0.25, -0.2) is 28.0 Å². The molecule has 0 aliphatic carbocycles. The monoisotopic (exact) mass is 1190 g/mol. The van der Waals surface area contributed by atoms with Gasteiger partial charge >= 0.3 is 24.1 Å². The minimum Gasteiger partial charge on any atom is -0.493 e. The first kappa shape index (κ1) is 64.7. The van der Waals surface area contributed by atoms with E-state index in [-0.39, 0.29) is 72.4 Å². The van der Waals surface area contributed by atoms with Crippen LogP contribution in [0.2, 0.25) is 0 Å². The number of piperidine rings is 2. The van der Waals surface area contributed by atoms with Gasteiger partial charge < -0.3 is 57.8 Å². The number of cyclic esters (lactones) is 2. The Morgan fingerprint density at radius 1 is 0.523 bits per heavy atom. The van der Waals surface area contributed by atoms with Crippen LogP contribution in [0.25, 0.3) is 0 Å². The fourth-order valence-electron chi connectivity index (χ4n) is 11.5. The van der Waals surface area contributed by atoms with Crippen molar-refractivity contribution in [3.8, 4) is 11.5 Å². The van der Waals surface area contributed by atoms with Gasteiger partial charge in [0.25, 0.3) is 11.8 Å². The maximum Gasteiger partial charge on any atom is 0.418 e. The summed E-state index contributed by atoms with van der Waals surface area (Å²) in [6.07, 6.45) is 1.24. The molecule has 18 nitrogen and oxygen atoms in total. The van der Waals surface area contributed by atoms with Gasteiger partial charge in [-0.1, -0.05) is 90.1 Å². The van der Waals surface area contributed by atoms with Gasteiger partial charge in [-0.2, -0.15) is 0 Å². The minimum absolute atomic E-state index is 0.0258. The number of amides is 4. The predicted molar refractivity (Wildman–Crippen MR) is 318 cm³/mol. The highest BCUT2D eigenvalue weighted by atomic mass is 19.1. The Labute approximate surface area is 504 Å². The quantitative estimate of drug-likeness (QED) is 0.0298. The Bertz CT molecular complexity index is 2650. The highest BCUT2D eigenvalue weighted by Gasteiger charge is 2.41. The maximum absolute atomic E-state index is 15.5. The van der Waals surface area contributed by atoms with Crippen LogP contribution in [0.5, 0.6) is 11.5 Å². The Morgan fingerprint density at radius 3 is 1.20 bits per heavy atom. The average molecular weight is 1190 g/mol. The zero-order valence-electron chi connectivity index (χ0n) is 50.8. The molecule has 0 N–H and O–H groups in total. The van der Waals surface area contributed by atoms with Crippen LogP contribution in [0.1, 0.15) is 127 Å². The highest BCUT2D eigenvalue weighted by Crippen LogP contribution is 2.32. The van der Waals surface area contributed by atoms with Gasteiger partial charge in [0.2, 0.25) is 12.2 Å². The van der Waals surface area contributed by atoms with Gasteiger partial charge in [-0.05, 0) is 136 Å². The number of carbonyl (C=O) groups excluding carboxylic acids is 6. The van der Waals surface area contributed by atoms with E-state index in [1.807, 2.05) is 41.5 Å². The molecular weight excluding hydrogens is 1110 g/mol. The summed E-state index contributed by atoms with van der Waals surface area (Å²) in [6, 6.07) is 24.1. The standard InChI is InChI=1S/C66H86F2N6O12/c1-7-53-43-83-65(79)71(53)33-9-31-69-35-27-55(28-36-69)73(39-47-11-19-51(67)20-12-47)61(75)59(49-15-23-57(24-16-49)81-41-45(3)4)85-63(77)64(78)86-60(50-17-25-58(26-18-50)82-42-46(5)6)62(76)74(40-48-13-21-52(68)22-14-48)56-29-37-70(38-30-56)32-10-34-72-54(8-2)44-84-66(72)80/h11-26,45-46,53-56,59-60H,7-10,27-44H2,1-6H3/t53-,54-,59?,60?/m0/s1. The number of esters is 2. The lowest BCUT2D eigenvalue weighted by molar-refractivity contribution is -0.181. The van der Waals surface area contributed by atoms with E-state index in [1.54, 1.807) is 92.4 Å². The molecule has 4 fully saturated rings. The SMILES string of the molecule is CC[C@H]1COC(=O)N1CCCN1CCC(N(Cc2ccc(F)cc2)C(=O)C(OC(=O)C(=O)OC(C(=O)N(Cc2ccc(F)cc2)C2CCN(CCCN3C(=O)OC[C@@H]3CC)CC2)c2ccc(OCC(C)C)cc2)c2ccc(OCC(C)C)cc2)CC1. The molecule has 0 bridgehead atoms. The van der Waals surface area contributed by atoms with Crippen LogP contribution in [-0.4, -0.2) is 168 Å². The molecule has 4 amide bonds. The molecular formula is C66H86F2N6O12. The third kappa shape index (κ3) is 17.9. The topological polar surface area (TPSA) is 177 Å². The van der Waals surface area contributed by atoms with Crippen molar-refractivity contribution in [3.05, 3.63) is 131 Å². The van der Waals surface area contributed by atoms with Crippen LogP contribution < -0.4 is 9.47 Å². The lowest BCUT2D eigenvalue weighted by Gasteiger charge is -2.40. The molecule has 4 atom stereocenters. The fourth-order valence-corrected chi connectivity index (χ4v) is 11.5. The molecule has 0 radical (unpaired) electrons. The molecule has 86 heavy (non-hydrogen) atoms. The molecule has 2 unspecified atom stereocenters. The van der Waals surface area contributed by atoms with E-state index in [0.717, 1.165) is 38.8 Å². The Kier molecular flexibility index (Phi) is 23.6. The van der Waals surface area contributed by atoms with Gasteiger partial charge in [-0.15, -0.1) is 0 Å². The van der Waals surface area contributed by atoms with E-state index < -0.39 is 47.6 Å². The van der Waals surface area contributed by atoms with Crippen molar-refractivity contribution in [1.29, 1.82) is 0 Å². The zero-order valence-corrected chi connectivity index (χ0v) is 50.8. The summed E-state index contributed by atoms with van der Waals surface area (Å²) in [5, 5.41) is 0. The molecule has 4 aliphatic heterocycles. The normalized spacial score (nSPS) is 18.6. The first-order valence-electron chi connectivity index (χ1n) is 30.7. The number of hydrogen-bond donors (Lipinski definition) is 0. The van der Waals surface area contributed by atoms with E-state index in [9.17, 15) is 28.0 Å². The average Bonchev–Trinajstić information content (AvgIpc) is 3.08. The van der Waals surface area contributed by atoms with Crippen molar-refractivity contribution < 1.29 is 66.0 Å². The van der Waals surface area contributed by atoms with Gasteiger partial charge in [0.15, 0.2) is 0 Å². The largest absolute Gasteiger partial charge is 0.493 e. The molecule has 4 aliphatic rings. The summed E-state index contributed by atoms with van der Waals surface area (Å²) in [6.45, 7) is 18.8. The van der Waals surface area contributed by atoms with Crippen molar-refractivity contribution in [2.75, 3.05) is 78.8 Å². The van der Waals surface area contributed by atoms with Crippen LogP contribution in [0.3, 0.4) is 0 Å². The number of carbonyl (C=O) groups is 6. The summed E-state index contributed by atoms with van der Waals surface area (Å²) in [7, 11) is 0. The van der Waals surface area contributed by atoms with Crippen LogP contribution in [-0.2, 0) is 51.2 Å². The van der Waals surface area contributed by atoms with E-state index in [2.05, 4.69) is 9.80 Å². The van der Waals surface area contributed by atoms with Gasteiger partial charge in [-0.3, -0.25) is 9.59 Å². The summed E-state index contributed by atoms with van der Waals surface area (Å²) >= 11 is 0. The van der Waals surface area contributed by atoms with Crippen LogP contribution >= 0.6 is 0 Å². The number of halogens is 2. The second kappa shape index (κ2) is 31.4. The molecule has 0 saturated carbocycles. The smallest absolute Gasteiger partial charge is 0.418 e. The van der Waals surface area contributed by atoms with Crippen molar-refractivity contribution in [2.24, 2.45) is 11.8 Å². The van der Waals surface area contributed by atoms with Crippen LogP contribution in [0.4, 0.5) is 18.4 Å². The number of likely N-dealkylation sites (tertiary alicyclic amines) is 2. The third-order valence-corrected chi connectivity index (χ3v) is 16.5. The van der Waals surface area contributed by atoms with Gasteiger partial charge in [0.05, 0.1) is 25.3 Å². The molecule has 0 aromatic heterocycles. The van der Waals surface area contributed by atoms with Crippen molar-refractivity contribution in [2.45, 2.75) is 142 Å². The molecule has 8 rings (SSSR count). The summed E-state index contributed by atoms with van der Waals surface area (Å²) in [4.78, 5) is 96.5. The molecule has 4 aromatic carbocycles. The Morgan fingerprint density at radius 2 is 0.872 bits per heavy atom. The zero-order chi connectivity index (χ0) is 61.3. The van der Waals surface area contributed by atoms with Crippen molar-refractivity contribution in [3.63, 3.8) is 0 Å². The summed E-state index contributed by atoms with van der Waals surface area (Å²) < 4.78 is 63.4. The third-order valence-electron chi connectivity index (χ3n) is 16.5. The van der Waals surface area contributed by atoms with E-state index in [0.29, 0.717) is 114 Å². The lowest BCUT2D eigenvalue weighted by Crippen LogP contribution is -2.50. The number of ether oxygens (including phenoxy) is 6. The molecule has 466 valence electrons. The molecule has 0 spiro atoms. The number of hydrogen-bond acceptors (Lipinski definition) is 14. The molecule has 4 saturated heterocycles. The van der Waals surface area contributed by atoms with E-state index in [4.69, 9.17) is 28.4 Å². The second-order valence-corrected chi connectivity index (χ2v) is 23.8. The Hall–Kier alpha value is -7.32. The first-order valence-corrected chi connectivity index (χ1v) is 30.7. The Balaban J connectivity index is 1.04. The lowest BCUT2D eigenvalue weighted by atomic mass is 9.99. The maximum atomic E-state index is 15.5. The van der Waals surface area contributed by atoms with E-state index in [1.165, 1.54) is 24.3 Å². The number of rotatable bonds is 28. The molecule has 4 aromatic rings. The van der Waals surface area contributed by atoms with Crippen molar-refractivity contribution >= 4 is 35.9 Å². The van der Waals surface area contributed by atoms with Gasteiger partial charge in [0.1, 0.15) is 36.3 Å². The van der Waals surface area contributed by atoms with Gasteiger partial charge in [0, 0.05) is 75.6 Å². The highest BCUT2D eigenvalue weighted by molar-refractivity contribution is 6.30.